The fourth-order valence-electron chi connectivity index (χ4n) is 1.71. The number of hydrogen-bond donors (Lipinski definition) is 2. The summed E-state index contributed by atoms with van der Waals surface area (Å²) >= 11 is 12.1. The van der Waals surface area contributed by atoms with Crippen molar-refractivity contribution >= 4 is 23.2 Å². The lowest BCUT2D eigenvalue weighted by molar-refractivity contribution is 0.190. The van der Waals surface area contributed by atoms with E-state index in [9.17, 15) is 0 Å². The third kappa shape index (κ3) is 3.98. The number of furan rings is 1. The van der Waals surface area contributed by atoms with Crippen molar-refractivity contribution < 1.29 is 9.52 Å². The van der Waals surface area contributed by atoms with Crippen molar-refractivity contribution in [2.24, 2.45) is 0 Å². The van der Waals surface area contributed by atoms with Crippen LogP contribution in [0.1, 0.15) is 12.7 Å². The number of aliphatic hydroxyl groups excluding tert-OH is 1. The lowest BCUT2D eigenvalue weighted by Crippen LogP contribution is -2.23. The van der Waals surface area contributed by atoms with Crippen LogP contribution in [0.5, 0.6) is 0 Å². The van der Waals surface area contributed by atoms with Crippen molar-refractivity contribution in [3.8, 4) is 11.3 Å². The summed E-state index contributed by atoms with van der Waals surface area (Å²) < 4.78 is 5.70. The molecule has 2 rings (SSSR count). The largest absolute Gasteiger partial charge is 0.460 e. The first-order valence-electron chi connectivity index (χ1n) is 5.99. The maximum Gasteiger partial charge on any atom is 0.135 e. The van der Waals surface area contributed by atoms with E-state index in [2.05, 4.69) is 5.32 Å². The van der Waals surface area contributed by atoms with Crippen LogP contribution in [0.2, 0.25) is 10.0 Å². The van der Waals surface area contributed by atoms with Gasteiger partial charge >= 0.3 is 0 Å². The molecule has 0 fully saturated rings. The highest BCUT2D eigenvalue weighted by atomic mass is 35.5. The Kier molecular flexibility index (Phi) is 4.88. The van der Waals surface area contributed by atoms with Crippen LogP contribution in [-0.2, 0) is 6.54 Å². The fraction of sp³-hybridized carbons (Fsp3) is 0.286. The van der Waals surface area contributed by atoms with E-state index in [-0.39, 0.29) is 6.10 Å². The van der Waals surface area contributed by atoms with Crippen molar-refractivity contribution in [2.75, 3.05) is 6.54 Å². The Bertz CT molecular complexity index is 552. The third-order valence-electron chi connectivity index (χ3n) is 2.59. The first-order chi connectivity index (χ1) is 9.06. The van der Waals surface area contributed by atoms with Gasteiger partial charge in [0.15, 0.2) is 0 Å². The highest BCUT2D eigenvalue weighted by Gasteiger charge is 2.09. The minimum Gasteiger partial charge on any atom is -0.460 e. The molecule has 19 heavy (non-hydrogen) atoms. The Morgan fingerprint density at radius 3 is 2.79 bits per heavy atom. The molecular weight excluding hydrogens is 285 g/mol. The molecule has 0 saturated carbocycles. The zero-order valence-electron chi connectivity index (χ0n) is 10.5. The molecular formula is C14H15Cl2NO2. The zero-order chi connectivity index (χ0) is 13.8. The van der Waals surface area contributed by atoms with E-state index < -0.39 is 0 Å². The molecule has 0 aliphatic rings. The molecule has 0 spiro atoms. The number of halogens is 2. The molecule has 0 aliphatic carbocycles. The Labute approximate surface area is 122 Å². The van der Waals surface area contributed by atoms with Gasteiger partial charge in [-0.2, -0.15) is 0 Å². The van der Waals surface area contributed by atoms with Crippen molar-refractivity contribution in [3.63, 3.8) is 0 Å². The van der Waals surface area contributed by atoms with Crippen LogP contribution < -0.4 is 5.32 Å². The molecule has 1 aromatic heterocycles. The van der Waals surface area contributed by atoms with Gasteiger partial charge in [-0.25, -0.2) is 0 Å². The van der Waals surface area contributed by atoms with E-state index in [1.54, 1.807) is 25.1 Å². The fourth-order valence-corrected chi connectivity index (χ4v) is 2.09. The quantitative estimate of drug-likeness (QED) is 0.884. The average molecular weight is 300 g/mol. The van der Waals surface area contributed by atoms with Gasteiger partial charge in [-0.15, -0.1) is 0 Å². The topological polar surface area (TPSA) is 45.4 Å². The molecule has 2 N–H and O–H groups in total. The number of rotatable bonds is 5. The molecule has 1 atom stereocenters. The highest BCUT2D eigenvalue weighted by molar-refractivity contribution is 6.35. The molecule has 0 bridgehead atoms. The van der Waals surface area contributed by atoms with E-state index in [0.717, 1.165) is 11.3 Å². The monoisotopic (exact) mass is 299 g/mol. The molecule has 0 amide bonds. The van der Waals surface area contributed by atoms with Crippen LogP contribution in [0, 0.1) is 0 Å². The lowest BCUT2D eigenvalue weighted by Gasteiger charge is -2.05. The van der Waals surface area contributed by atoms with Gasteiger partial charge in [0, 0.05) is 17.1 Å². The summed E-state index contributed by atoms with van der Waals surface area (Å²) in [4.78, 5) is 0. The Morgan fingerprint density at radius 1 is 1.26 bits per heavy atom. The second-order valence-electron chi connectivity index (χ2n) is 4.37. The van der Waals surface area contributed by atoms with Crippen molar-refractivity contribution in [1.82, 2.24) is 5.32 Å². The SMILES string of the molecule is CC(O)CNCc1ccc(-c2cc(Cl)ccc2Cl)o1. The van der Waals surface area contributed by atoms with E-state index >= 15 is 0 Å². The maximum absolute atomic E-state index is 9.16. The van der Waals surface area contributed by atoms with Crippen LogP contribution in [0.15, 0.2) is 34.7 Å². The molecule has 1 unspecified atom stereocenters. The molecule has 5 heteroatoms. The summed E-state index contributed by atoms with van der Waals surface area (Å²) in [5.41, 5.74) is 0.774. The zero-order valence-corrected chi connectivity index (χ0v) is 12.0. The number of hydrogen-bond acceptors (Lipinski definition) is 3. The van der Waals surface area contributed by atoms with Gasteiger partial charge in [0.25, 0.3) is 0 Å². The van der Waals surface area contributed by atoms with E-state index in [4.69, 9.17) is 32.7 Å². The van der Waals surface area contributed by atoms with Crippen LogP contribution >= 0.6 is 23.2 Å². The molecule has 102 valence electrons. The summed E-state index contributed by atoms with van der Waals surface area (Å²) in [5.74, 6) is 1.47. The molecule has 0 radical (unpaired) electrons. The number of benzene rings is 1. The first kappa shape index (κ1) is 14.4. The summed E-state index contributed by atoms with van der Waals surface area (Å²) in [7, 11) is 0. The highest BCUT2D eigenvalue weighted by Crippen LogP contribution is 2.31. The Morgan fingerprint density at radius 2 is 2.05 bits per heavy atom. The van der Waals surface area contributed by atoms with Gasteiger partial charge in [0.05, 0.1) is 17.7 Å². The first-order valence-corrected chi connectivity index (χ1v) is 6.75. The van der Waals surface area contributed by atoms with Gasteiger partial charge in [-0.1, -0.05) is 23.2 Å². The number of aliphatic hydroxyl groups is 1. The predicted molar refractivity (Wildman–Crippen MR) is 77.6 cm³/mol. The predicted octanol–water partition coefficient (Wildman–Crippen LogP) is 3.72. The van der Waals surface area contributed by atoms with Gasteiger partial charge in [0.1, 0.15) is 11.5 Å². The second-order valence-corrected chi connectivity index (χ2v) is 5.21. The standard InChI is InChI=1S/C14H15Cl2NO2/c1-9(18)7-17-8-11-3-5-14(19-11)12-6-10(15)2-4-13(12)16/h2-6,9,17-18H,7-8H2,1H3. The van der Waals surface area contributed by atoms with E-state index in [1.165, 1.54) is 0 Å². The van der Waals surface area contributed by atoms with Gasteiger partial charge < -0.3 is 14.8 Å². The Hall–Kier alpha value is -1.00. The molecule has 3 nitrogen and oxygen atoms in total. The van der Waals surface area contributed by atoms with Crippen LogP contribution in [0.25, 0.3) is 11.3 Å². The molecule has 0 aliphatic heterocycles. The van der Waals surface area contributed by atoms with Gasteiger partial charge in [-0.05, 0) is 37.3 Å². The molecule has 0 saturated heterocycles. The minimum absolute atomic E-state index is 0.378. The third-order valence-corrected chi connectivity index (χ3v) is 3.16. The summed E-state index contributed by atoms with van der Waals surface area (Å²) in [6.07, 6.45) is -0.378. The molecule has 1 heterocycles. The average Bonchev–Trinajstić information content (AvgIpc) is 2.80. The van der Waals surface area contributed by atoms with Crippen LogP contribution in [-0.4, -0.2) is 17.8 Å². The van der Waals surface area contributed by atoms with Gasteiger partial charge in [-0.3, -0.25) is 0 Å². The van der Waals surface area contributed by atoms with Crippen LogP contribution in [0.3, 0.4) is 0 Å². The summed E-state index contributed by atoms with van der Waals surface area (Å²) in [5, 5.41) is 13.5. The Balaban J connectivity index is 2.10. The summed E-state index contributed by atoms with van der Waals surface area (Å²) in [6, 6.07) is 8.99. The molecule has 1 aromatic carbocycles. The van der Waals surface area contributed by atoms with E-state index in [1.807, 2.05) is 12.1 Å². The smallest absolute Gasteiger partial charge is 0.135 e. The maximum atomic E-state index is 9.16. The van der Waals surface area contributed by atoms with Crippen molar-refractivity contribution in [3.05, 3.63) is 46.1 Å². The van der Waals surface area contributed by atoms with Gasteiger partial charge in [0.2, 0.25) is 0 Å². The lowest BCUT2D eigenvalue weighted by atomic mass is 10.2. The van der Waals surface area contributed by atoms with Crippen molar-refractivity contribution in [1.29, 1.82) is 0 Å². The van der Waals surface area contributed by atoms with E-state index in [0.29, 0.717) is 28.9 Å². The second kappa shape index (κ2) is 6.44. The number of nitrogens with one attached hydrogen (secondary N) is 1. The van der Waals surface area contributed by atoms with Crippen molar-refractivity contribution in [2.45, 2.75) is 19.6 Å². The normalized spacial score (nSPS) is 12.6. The van der Waals surface area contributed by atoms with Crippen LogP contribution in [0.4, 0.5) is 0 Å². The molecule has 2 aromatic rings. The summed E-state index contributed by atoms with van der Waals surface area (Å²) in [6.45, 7) is 2.81. The minimum atomic E-state index is -0.378.